The summed E-state index contributed by atoms with van der Waals surface area (Å²) in [7, 11) is 0. The molecule has 0 aliphatic heterocycles. The van der Waals surface area contributed by atoms with Crippen molar-refractivity contribution in [1.29, 1.82) is 0 Å². The largest absolute Gasteiger partial charge is 0.369 e. The smallest absolute Gasteiger partial charge is 0.231 e. The molecule has 118 valence electrons. The lowest BCUT2D eigenvalue weighted by molar-refractivity contribution is -0.120. The Morgan fingerprint density at radius 3 is 2.43 bits per heavy atom. The van der Waals surface area contributed by atoms with Gasteiger partial charge in [-0.25, -0.2) is 0 Å². The van der Waals surface area contributed by atoms with E-state index in [9.17, 15) is 4.79 Å². The minimum absolute atomic E-state index is 0.0273. The van der Waals surface area contributed by atoms with E-state index in [2.05, 4.69) is 47.7 Å². The summed E-state index contributed by atoms with van der Waals surface area (Å²) in [5.41, 5.74) is 12.9. The third-order valence-corrected chi connectivity index (χ3v) is 4.17. The second-order valence-corrected chi connectivity index (χ2v) is 6.68. The van der Waals surface area contributed by atoms with Gasteiger partial charge >= 0.3 is 0 Å². The molecule has 21 heavy (non-hydrogen) atoms. The SMILES string of the molecule is CCC(N)C(c1ccccc1Br)N(CC(N)=O)CC(C)C. The van der Waals surface area contributed by atoms with Crippen LogP contribution in [-0.4, -0.2) is 29.9 Å². The summed E-state index contributed by atoms with van der Waals surface area (Å²) in [6, 6.07) is 7.94. The van der Waals surface area contributed by atoms with Crippen LogP contribution in [0.4, 0.5) is 0 Å². The number of nitrogens with two attached hydrogens (primary N) is 2. The number of carbonyl (C=O) groups is 1. The zero-order chi connectivity index (χ0) is 16.0. The van der Waals surface area contributed by atoms with Gasteiger partial charge < -0.3 is 11.5 Å². The van der Waals surface area contributed by atoms with Crippen molar-refractivity contribution in [2.24, 2.45) is 17.4 Å². The number of carbonyl (C=O) groups excluding carboxylic acids is 1. The molecule has 2 atom stereocenters. The van der Waals surface area contributed by atoms with Crippen molar-refractivity contribution >= 4 is 21.8 Å². The maximum atomic E-state index is 11.5. The predicted molar refractivity (Wildman–Crippen MR) is 90.8 cm³/mol. The Morgan fingerprint density at radius 2 is 1.95 bits per heavy atom. The Morgan fingerprint density at radius 1 is 1.33 bits per heavy atom. The Kier molecular flexibility index (Phi) is 7.35. The van der Waals surface area contributed by atoms with Crippen molar-refractivity contribution in [3.63, 3.8) is 0 Å². The van der Waals surface area contributed by atoms with Gasteiger partial charge in [-0.3, -0.25) is 9.69 Å². The van der Waals surface area contributed by atoms with Crippen LogP contribution >= 0.6 is 15.9 Å². The van der Waals surface area contributed by atoms with Crippen LogP contribution in [0.2, 0.25) is 0 Å². The van der Waals surface area contributed by atoms with Crippen LogP contribution in [0.25, 0.3) is 0 Å². The molecule has 0 spiro atoms. The highest BCUT2D eigenvalue weighted by molar-refractivity contribution is 9.10. The molecular formula is C16H26BrN3O. The van der Waals surface area contributed by atoms with Crippen molar-refractivity contribution in [2.75, 3.05) is 13.1 Å². The van der Waals surface area contributed by atoms with Gasteiger partial charge in [-0.05, 0) is 24.0 Å². The molecule has 0 bridgehead atoms. The first-order valence-corrected chi connectivity index (χ1v) is 8.18. The van der Waals surface area contributed by atoms with Gasteiger partial charge in [-0.15, -0.1) is 0 Å². The molecule has 0 fully saturated rings. The Bertz CT molecular complexity index is 465. The Hall–Kier alpha value is -0.910. The zero-order valence-electron chi connectivity index (χ0n) is 13.1. The van der Waals surface area contributed by atoms with E-state index in [1.165, 1.54) is 0 Å². The van der Waals surface area contributed by atoms with Crippen molar-refractivity contribution < 1.29 is 4.79 Å². The molecule has 5 heteroatoms. The van der Waals surface area contributed by atoms with Gasteiger partial charge in [0.15, 0.2) is 0 Å². The third-order valence-electron chi connectivity index (χ3n) is 3.45. The van der Waals surface area contributed by atoms with E-state index in [-0.39, 0.29) is 24.5 Å². The molecule has 0 heterocycles. The number of primary amides is 1. The summed E-state index contributed by atoms with van der Waals surface area (Å²) in [4.78, 5) is 13.5. The van der Waals surface area contributed by atoms with Crippen molar-refractivity contribution in [3.05, 3.63) is 34.3 Å². The molecule has 0 saturated heterocycles. The molecular weight excluding hydrogens is 330 g/mol. The molecule has 2 unspecified atom stereocenters. The van der Waals surface area contributed by atoms with Gasteiger partial charge in [0.25, 0.3) is 0 Å². The van der Waals surface area contributed by atoms with Crippen LogP contribution in [0.1, 0.15) is 38.8 Å². The first-order valence-electron chi connectivity index (χ1n) is 7.39. The average molecular weight is 356 g/mol. The normalized spacial score (nSPS) is 14.4. The number of nitrogens with zero attached hydrogens (tertiary/aromatic N) is 1. The second-order valence-electron chi connectivity index (χ2n) is 5.83. The van der Waals surface area contributed by atoms with E-state index in [1.807, 2.05) is 18.2 Å². The number of amides is 1. The number of benzene rings is 1. The summed E-state index contributed by atoms with van der Waals surface area (Å²) < 4.78 is 1.01. The standard InChI is InChI=1S/C16H26BrN3O/c1-4-14(18)16(12-7-5-6-8-13(12)17)20(9-11(2)3)10-15(19)21/h5-8,11,14,16H,4,9-10,18H2,1-3H3,(H2,19,21). The molecule has 0 saturated carbocycles. The van der Waals surface area contributed by atoms with E-state index in [4.69, 9.17) is 11.5 Å². The maximum absolute atomic E-state index is 11.5. The number of hydrogen-bond donors (Lipinski definition) is 2. The minimum atomic E-state index is -0.323. The first-order chi connectivity index (χ1) is 9.86. The summed E-state index contributed by atoms with van der Waals surface area (Å²) in [6.45, 7) is 7.32. The van der Waals surface area contributed by atoms with E-state index in [0.29, 0.717) is 5.92 Å². The molecule has 0 aliphatic carbocycles. The van der Waals surface area contributed by atoms with Gasteiger partial charge in [0.2, 0.25) is 5.91 Å². The van der Waals surface area contributed by atoms with Crippen molar-refractivity contribution in [3.8, 4) is 0 Å². The lowest BCUT2D eigenvalue weighted by Crippen LogP contribution is -2.46. The maximum Gasteiger partial charge on any atom is 0.231 e. The highest BCUT2D eigenvalue weighted by Gasteiger charge is 2.28. The summed E-state index contributed by atoms with van der Waals surface area (Å²) in [5, 5.41) is 0. The number of rotatable bonds is 8. The van der Waals surface area contributed by atoms with Crippen LogP contribution in [0.15, 0.2) is 28.7 Å². The molecule has 4 N–H and O–H groups in total. The van der Waals surface area contributed by atoms with Gasteiger partial charge in [0.05, 0.1) is 12.6 Å². The molecule has 1 amide bonds. The van der Waals surface area contributed by atoms with Crippen molar-refractivity contribution in [1.82, 2.24) is 4.90 Å². The highest BCUT2D eigenvalue weighted by Crippen LogP contribution is 2.31. The van der Waals surface area contributed by atoms with E-state index < -0.39 is 0 Å². The fourth-order valence-electron chi connectivity index (χ4n) is 2.58. The second kappa shape index (κ2) is 8.51. The monoisotopic (exact) mass is 355 g/mol. The molecule has 1 rings (SSSR count). The van der Waals surface area contributed by atoms with E-state index in [1.54, 1.807) is 0 Å². The van der Waals surface area contributed by atoms with Crippen LogP contribution in [0.5, 0.6) is 0 Å². The predicted octanol–water partition coefficient (Wildman–Crippen LogP) is 2.67. The first kappa shape index (κ1) is 18.1. The summed E-state index contributed by atoms with van der Waals surface area (Å²) in [6.07, 6.45) is 0.833. The Balaban J connectivity index is 3.19. The minimum Gasteiger partial charge on any atom is -0.369 e. The molecule has 1 aromatic carbocycles. The quantitative estimate of drug-likeness (QED) is 0.752. The van der Waals surface area contributed by atoms with Crippen molar-refractivity contribution in [2.45, 2.75) is 39.3 Å². The number of hydrogen-bond acceptors (Lipinski definition) is 3. The third kappa shape index (κ3) is 5.41. The molecule has 0 aromatic heterocycles. The fourth-order valence-corrected chi connectivity index (χ4v) is 3.10. The molecule has 4 nitrogen and oxygen atoms in total. The van der Waals surface area contributed by atoms with Crippen LogP contribution in [-0.2, 0) is 4.79 Å². The van der Waals surface area contributed by atoms with Gasteiger partial charge in [0.1, 0.15) is 0 Å². The average Bonchev–Trinajstić information content (AvgIpc) is 2.39. The van der Waals surface area contributed by atoms with Crippen LogP contribution < -0.4 is 11.5 Å². The number of halogens is 1. The van der Waals surface area contributed by atoms with E-state index >= 15 is 0 Å². The molecule has 0 radical (unpaired) electrons. The lowest BCUT2D eigenvalue weighted by atomic mass is 9.95. The van der Waals surface area contributed by atoms with Gasteiger partial charge in [-0.1, -0.05) is 54.9 Å². The van der Waals surface area contributed by atoms with Gasteiger partial charge in [-0.2, -0.15) is 0 Å². The highest BCUT2D eigenvalue weighted by atomic mass is 79.9. The van der Waals surface area contributed by atoms with Crippen LogP contribution in [0, 0.1) is 5.92 Å². The van der Waals surface area contributed by atoms with Crippen LogP contribution in [0.3, 0.4) is 0 Å². The summed E-state index contributed by atoms with van der Waals surface area (Å²) in [5.74, 6) is 0.106. The van der Waals surface area contributed by atoms with Gasteiger partial charge in [0, 0.05) is 17.1 Å². The lowest BCUT2D eigenvalue weighted by Gasteiger charge is -2.36. The Labute approximate surface area is 136 Å². The van der Waals surface area contributed by atoms with E-state index in [0.717, 1.165) is 23.0 Å². The topological polar surface area (TPSA) is 72.3 Å². The molecule has 0 aliphatic rings. The fraction of sp³-hybridized carbons (Fsp3) is 0.562. The summed E-state index contributed by atoms with van der Waals surface area (Å²) >= 11 is 3.60. The zero-order valence-corrected chi connectivity index (χ0v) is 14.6. The molecule has 1 aromatic rings.